The summed E-state index contributed by atoms with van der Waals surface area (Å²) >= 11 is 0. The van der Waals surface area contributed by atoms with Crippen LogP contribution in [-0.4, -0.2) is 55.4 Å². The van der Waals surface area contributed by atoms with Crippen molar-refractivity contribution in [3.8, 4) is 5.75 Å². The van der Waals surface area contributed by atoms with E-state index in [4.69, 9.17) is 4.74 Å². The van der Waals surface area contributed by atoms with Crippen molar-refractivity contribution in [2.24, 2.45) is 0 Å². The largest absolute Gasteiger partial charge is 0.507 e. The first-order valence-corrected chi connectivity index (χ1v) is 9.53. The van der Waals surface area contributed by atoms with Gasteiger partial charge in [-0.1, -0.05) is 13.8 Å². The molecule has 1 fully saturated rings. The standard InChI is InChI=1S/C16H22N2O6S/c1-3-18(4-2)25(22,23)12-7-8-14(19)13(9-12)16(21)24-10-15(20)17-11-5-6-11/h7-9,11,19H,3-6,10H2,1-2H3,(H,17,20). The first-order chi connectivity index (χ1) is 11.8. The molecule has 1 aliphatic carbocycles. The van der Waals surface area contributed by atoms with Crippen LogP contribution in [0.25, 0.3) is 0 Å². The Hall–Kier alpha value is -2.13. The lowest BCUT2D eigenvalue weighted by atomic mass is 10.2. The number of hydrogen-bond acceptors (Lipinski definition) is 6. The second kappa shape index (κ2) is 7.83. The lowest BCUT2D eigenvalue weighted by molar-refractivity contribution is -0.124. The fraction of sp³-hybridized carbons (Fsp3) is 0.500. The number of phenolic OH excluding ortho intramolecular Hbond substituents is 1. The van der Waals surface area contributed by atoms with Crippen LogP contribution in [0.4, 0.5) is 0 Å². The van der Waals surface area contributed by atoms with Gasteiger partial charge in [0.1, 0.15) is 11.3 Å². The molecule has 1 amide bonds. The SMILES string of the molecule is CCN(CC)S(=O)(=O)c1ccc(O)c(C(=O)OCC(=O)NC2CC2)c1. The Kier molecular flexibility index (Phi) is 6.02. The summed E-state index contributed by atoms with van der Waals surface area (Å²) < 4.78 is 31.1. The van der Waals surface area contributed by atoms with E-state index in [1.54, 1.807) is 13.8 Å². The van der Waals surface area contributed by atoms with E-state index in [1.807, 2.05) is 0 Å². The highest BCUT2D eigenvalue weighted by Gasteiger charge is 2.26. The Morgan fingerprint density at radius 1 is 1.28 bits per heavy atom. The molecular weight excluding hydrogens is 348 g/mol. The highest BCUT2D eigenvalue weighted by molar-refractivity contribution is 7.89. The van der Waals surface area contributed by atoms with Crippen LogP contribution in [0.3, 0.4) is 0 Å². The van der Waals surface area contributed by atoms with Gasteiger partial charge in [-0.05, 0) is 31.0 Å². The molecule has 0 aliphatic heterocycles. The molecule has 0 unspecified atom stereocenters. The van der Waals surface area contributed by atoms with E-state index in [0.717, 1.165) is 25.0 Å². The molecule has 0 spiro atoms. The number of aromatic hydroxyl groups is 1. The third-order valence-electron chi connectivity index (χ3n) is 3.81. The summed E-state index contributed by atoms with van der Waals surface area (Å²) in [6.45, 7) is 3.48. The summed E-state index contributed by atoms with van der Waals surface area (Å²) in [5.41, 5.74) is -0.299. The van der Waals surface area contributed by atoms with E-state index in [2.05, 4.69) is 5.32 Å². The summed E-state index contributed by atoms with van der Waals surface area (Å²) in [5, 5.41) is 12.5. The topological polar surface area (TPSA) is 113 Å². The molecule has 0 heterocycles. The molecule has 138 valence electrons. The van der Waals surface area contributed by atoms with Gasteiger partial charge in [0.25, 0.3) is 5.91 Å². The maximum absolute atomic E-state index is 12.5. The van der Waals surface area contributed by atoms with Gasteiger partial charge in [0.05, 0.1) is 4.90 Å². The highest BCUT2D eigenvalue weighted by Crippen LogP contribution is 2.24. The van der Waals surface area contributed by atoms with Gasteiger partial charge in [0, 0.05) is 19.1 Å². The van der Waals surface area contributed by atoms with Crippen LogP contribution in [0.2, 0.25) is 0 Å². The predicted octanol–water partition coefficient (Wildman–Crippen LogP) is 0.858. The van der Waals surface area contributed by atoms with Crippen molar-refractivity contribution in [1.29, 1.82) is 0 Å². The zero-order chi connectivity index (χ0) is 18.6. The lowest BCUT2D eigenvalue weighted by Crippen LogP contribution is -2.31. The van der Waals surface area contributed by atoms with E-state index < -0.39 is 34.3 Å². The maximum atomic E-state index is 12.5. The number of rotatable bonds is 8. The van der Waals surface area contributed by atoms with Crippen LogP contribution in [0.5, 0.6) is 5.75 Å². The van der Waals surface area contributed by atoms with Crippen molar-refractivity contribution in [3.05, 3.63) is 23.8 Å². The monoisotopic (exact) mass is 370 g/mol. The lowest BCUT2D eigenvalue weighted by Gasteiger charge is -2.19. The van der Waals surface area contributed by atoms with Gasteiger partial charge in [0.15, 0.2) is 6.61 Å². The number of carbonyl (C=O) groups excluding carboxylic acids is 2. The van der Waals surface area contributed by atoms with Crippen LogP contribution in [-0.2, 0) is 19.6 Å². The van der Waals surface area contributed by atoms with Crippen molar-refractivity contribution >= 4 is 21.9 Å². The van der Waals surface area contributed by atoms with E-state index in [1.165, 1.54) is 10.4 Å². The minimum atomic E-state index is -3.78. The van der Waals surface area contributed by atoms with Crippen molar-refractivity contribution in [1.82, 2.24) is 9.62 Å². The number of nitrogens with zero attached hydrogens (tertiary/aromatic N) is 1. The first-order valence-electron chi connectivity index (χ1n) is 8.09. The van der Waals surface area contributed by atoms with Gasteiger partial charge in [-0.15, -0.1) is 0 Å². The number of amides is 1. The van der Waals surface area contributed by atoms with Crippen LogP contribution >= 0.6 is 0 Å². The Labute approximate surface area is 146 Å². The summed E-state index contributed by atoms with van der Waals surface area (Å²) in [4.78, 5) is 23.5. The quantitative estimate of drug-likeness (QED) is 0.656. The number of nitrogens with one attached hydrogen (secondary N) is 1. The second-order valence-corrected chi connectivity index (χ2v) is 7.62. The first kappa shape index (κ1) is 19.2. The third-order valence-corrected chi connectivity index (χ3v) is 5.85. The third kappa shape index (κ3) is 4.70. The molecule has 1 aromatic rings. The summed E-state index contributed by atoms with van der Waals surface area (Å²) in [5.74, 6) is -1.80. The normalized spacial score (nSPS) is 14.4. The molecule has 25 heavy (non-hydrogen) atoms. The molecule has 1 aliphatic rings. The summed E-state index contributed by atoms with van der Waals surface area (Å²) in [7, 11) is -3.78. The number of esters is 1. The van der Waals surface area contributed by atoms with Gasteiger partial charge in [-0.2, -0.15) is 4.31 Å². The number of carbonyl (C=O) groups is 2. The number of phenols is 1. The minimum absolute atomic E-state index is 0.122. The maximum Gasteiger partial charge on any atom is 0.342 e. The van der Waals surface area contributed by atoms with Gasteiger partial charge in [0.2, 0.25) is 10.0 Å². The minimum Gasteiger partial charge on any atom is -0.507 e. The van der Waals surface area contributed by atoms with Gasteiger partial charge in [-0.25, -0.2) is 13.2 Å². The molecule has 2 N–H and O–H groups in total. The van der Waals surface area contributed by atoms with Crippen LogP contribution in [0, 0.1) is 0 Å². The van der Waals surface area contributed by atoms with Crippen molar-refractivity contribution in [3.63, 3.8) is 0 Å². The number of sulfonamides is 1. The number of ether oxygens (including phenoxy) is 1. The van der Waals surface area contributed by atoms with Crippen LogP contribution in [0.15, 0.2) is 23.1 Å². The Balaban J connectivity index is 2.14. The molecule has 8 nitrogen and oxygen atoms in total. The molecule has 0 atom stereocenters. The average molecular weight is 370 g/mol. The van der Waals surface area contributed by atoms with E-state index in [0.29, 0.717) is 0 Å². The summed E-state index contributed by atoms with van der Waals surface area (Å²) in [6.07, 6.45) is 1.82. The number of benzene rings is 1. The summed E-state index contributed by atoms with van der Waals surface area (Å²) in [6, 6.07) is 3.54. The molecule has 9 heteroatoms. The molecule has 0 aromatic heterocycles. The highest BCUT2D eigenvalue weighted by atomic mass is 32.2. The second-order valence-electron chi connectivity index (χ2n) is 5.69. The van der Waals surface area contributed by atoms with Crippen molar-refractivity contribution in [2.75, 3.05) is 19.7 Å². The zero-order valence-corrected chi connectivity index (χ0v) is 15.0. The average Bonchev–Trinajstić information content (AvgIpc) is 3.37. The van der Waals surface area contributed by atoms with Crippen LogP contribution in [0.1, 0.15) is 37.0 Å². The molecule has 2 rings (SSSR count). The van der Waals surface area contributed by atoms with Crippen LogP contribution < -0.4 is 5.32 Å². The fourth-order valence-corrected chi connectivity index (χ4v) is 3.74. The molecule has 1 saturated carbocycles. The zero-order valence-electron chi connectivity index (χ0n) is 14.2. The fourth-order valence-electron chi connectivity index (χ4n) is 2.26. The van der Waals surface area contributed by atoms with Crippen molar-refractivity contribution < 1.29 is 27.9 Å². The Bertz CT molecular complexity index is 754. The van der Waals surface area contributed by atoms with E-state index in [-0.39, 0.29) is 29.6 Å². The molecule has 0 bridgehead atoms. The molecule has 0 radical (unpaired) electrons. The van der Waals surface area contributed by atoms with Crippen molar-refractivity contribution in [2.45, 2.75) is 37.6 Å². The predicted molar refractivity (Wildman–Crippen MR) is 89.7 cm³/mol. The number of hydrogen-bond donors (Lipinski definition) is 2. The Morgan fingerprint density at radius 3 is 2.48 bits per heavy atom. The van der Waals surface area contributed by atoms with Gasteiger partial charge in [-0.3, -0.25) is 4.79 Å². The smallest absolute Gasteiger partial charge is 0.342 e. The van der Waals surface area contributed by atoms with Gasteiger partial charge >= 0.3 is 5.97 Å². The molecule has 1 aromatic carbocycles. The Morgan fingerprint density at radius 2 is 1.92 bits per heavy atom. The van der Waals surface area contributed by atoms with Gasteiger partial charge < -0.3 is 15.2 Å². The van der Waals surface area contributed by atoms with E-state index >= 15 is 0 Å². The van der Waals surface area contributed by atoms with E-state index in [9.17, 15) is 23.1 Å². The molecular formula is C16H22N2O6S. The molecule has 0 saturated heterocycles.